The summed E-state index contributed by atoms with van der Waals surface area (Å²) in [5, 5.41) is 16.7. The van der Waals surface area contributed by atoms with E-state index in [2.05, 4.69) is 10.6 Å². The summed E-state index contributed by atoms with van der Waals surface area (Å²) in [4.78, 5) is 14.4. The molecule has 0 radical (unpaired) electrons. The molecule has 2 aromatic carbocycles. The third-order valence-electron chi connectivity index (χ3n) is 5.78. The molecule has 1 fully saturated rings. The first kappa shape index (κ1) is 23.8. The minimum absolute atomic E-state index is 0.0561. The van der Waals surface area contributed by atoms with Gasteiger partial charge in [-0.05, 0) is 59.5 Å². The summed E-state index contributed by atoms with van der Waals surface area (Å²) in [6, 6.07) is 6.26. The molecule has 3 rings (SSSR count). The number of carbonyl (C=O) groups is 1. The predicted octanol–water partition coefficient (Wildman–Crippen LogP) is 4.27. The molecule has 1 amide bonds. The fourth-order valence-electron chi connectivity index (χ4n) is 3.51. The van der Waals surface area contributed by atoms with E-state index in [1.54, 1.807) is 6.07 Å². The first-order valence-corrected chi connectivity index (χ1v) is 11.0. The van der Waals surface area contributed by atoms with Gasteiger partial charge in [-0.2, -0.15) is 0 Å². The van der Waals surface area contributed by atoms with E-state index in [0.717, 1.165) is 18.7 Å². The van der Waals surface area contributed by atoms with Gasteiger partial charge in [0, 0.05) is 15.5 Å². The third-order valence-corrected chi connectivity index (χ3v) is 6.46. The first-order valence-electron chi connectivity index (χ1n) is 9.91. The van der Waals surface area contributed by atoms with E-state index >= 15 is 0 Å². The molecule has 0 atom stereocenters. The Morgan fingerprint density at radius 3 is 2.48 bits per heavy atom. The average Bonchev–Trinajstić information content (AvgIpc) is 2.68. The Kier molecular flexibility index (Phi) is 6.87. The third kappa shape index (κ3) is 4.68. The predicted molar refractivity (Wildman–Crippen MR) is 122 cm³/mol. The summed E-state index contributed by atoms with van der Waals surface area (Å²) in [5.74, 6) is -3.65. The molecule has 0 aliphatic carbocycles. The number of amides is 1. The number of benzene rings is 2. The molecular weight excluding hydrogens is 522 g/mol. The van der Waals surface area contributed by atoms with Crippen LogP contribution in [0.3, 0.4) is 0 Å². The smallest absolute Gasteiger partial charge is 0.256 e. The van der Waals surface area contributed by atoms with E-state index in [9.17, 15) is 23.1 Å². The van der Waals surface area contributed by atoms with E-state index in [0.29, 0.717) is 10.1 Å². The lowest BCUT2D eigenvalue weighted by atomic mass is 9.69. The Balaban J connectivity index is 1.85. The second kappa shape index (κ2) is 8.95. The average molecular weight is 547 g/mol. The van der Waals surface area contributed by atoms with Crippen molar-refractivity contribution in [1.82, 2.24) is 10.2 Å². The summed E-state index contributed by atoms with van der Waals surface area (Å²) in [7, 11) is 0. The minimum Gasteiger partial charge on any atom is -0.386 e. The lowest BCUT2D eigenvalue weighted by molar-refractivity contribution is -0.152. The summed E-state index contributed by atoms with van der Waals surface area (Å²) < 4.78 is 43.4. The van der Waals surface area contributed by atoms with Gasteiger partial charge >= 0.3 is 0 Å². The van der Waals surface area contributed by atoms with Gasteiger partial charge in [0.15, 0.2) is 11.6 Å². The number of anilines is 2. The summed E-state index contributed by atoms with van der Waals surface area (Å²) in [5.41, 5.74) is -2.26. The van der Waals surface area contributed by atoms with Crippen molar-refractivity contribution in [2.75, 3.05) is 31.5 Å². The number of likely N-dealkylation sites (tertiary alicyclic amines) is 1. The molecule has 0 bridgehead atoms. The monoisotopic (exact) mass is 547 g/mol. The van der Waals surface area contributed by atoms with Gasteiger partial charge in [-0.25, -0.2) is 13.2 Å². The first-order chi connectivity index (χ1) is 14.5. The zero-order chi connectivity index (χ0) is 23.0. The summed E-state index contributed by atoms with van der Waals surface area (Å²) in [6.45, 7) is 7.20. The Morgan fingerprint density at radius 2 is 1.87 bits per heavy atom. The van der Waals surface area contributed by atoms with Crippen molar-refractivity contribution >= 4 is 39.9 Å². The molecule has 1 aliphatic rings. The van der Waals surface area contributed by atoms with E-state index in [-0.39, 0.29) is 24.3 Å². The fourth-order valence-corrected chi connectivity index (χ4v) is 3.96. The van der Waals surface area contributed by atoms with Gasteiger partial charge in [0.25, 0.3) is 5.91 Å². The van der Waals surface area contributed by atoms with Gasteiger partial charge < -0.3 is 20.6 Å². The number of aliphatic hydroxyl groups is 1. The molecule has 9 heteroatoms. The SMILES string of the molecule is CCNCC(C)(C)C1(O)CN(C(=O)c2ccc(F)c(F)c2Nc2ccc(I)cc2F)C1. The molecule has 0 saturated carbocycles. The van der Waals surface area contributed by atoms with Crippen LogP contribution < -0.4 is 10.6 Å². The second-order valence-electron chi connectivity index (χ2n) is 8.39. The van der Waals surface area contributed by atoms with Crippen molar-refractivity contribution in [3.63, 3.8) is 0 Å². The maximum atomic E-state index is 14.6. The standard InChI is InChI=1S/C22H25F3IN3O2/c1-4-27-10-21(2,3)22(31)11-29(12-22)20(30)14-6-7-15(23)18(25)19(14)28-17-8-5-13(26)9-16(17)24/h5-9,27-28,31H,4,10-12H2,1-3H3. The Morgan fingerprint density at radius 1 is 1.19 bits per heavy atom. The van der Waals surface area contributed by atoms with E-state index in [1.165, 1.54) is 17.0 Å². The molecule has 1 heterocycles. The van der Waals surface area contributed by atoms with Crippen molar-refractivity contribution in [1.29, 1.82) is 0 Å². The fraction of sp³-hybridized carbons (Fsp3) is 0.409. The molecule has 168 valence electrons. The number of nitrogens with one attached hydrogen (secondary N) is 2. The van der Waals surface area contributed by atoms with Crippen molar-refractivity contribution in [2.24, 2.45) is 5.41 Å². The Hall–Kier alpha value is -1.85. The number of hydrogen-bond acceptors (Lipinski definition) is 4. The van der Waals surface area contributed by atoms with Crippen molar-refractivity contribution in [3.05, 3.63) is 56.9 Å². The van der Waals surface area contributed by atoms with Gasteiger partial charge in [-0.1, -0.05) is 20.8 Å². The maximum Gasteiger partial charge on any atom is 0.256 e. The quantitative estimate of drug-likeness (QED) is 0.454. The van der Waals surface area contributed by atoms with Gasteiger partial charge in [0.1, 0.15) is 11.4 Å². The van der Waals surface area contributed by atoms with E-state index in [1.807, 2.05) is 43.4 Å². The molecule has 0 aromatic heterocycles. The van der Waals surface area contributed by atoms with Crippen molar-refractivity contribution in [3.8, 4) is 0 Å². The second-order valence-corrected chi connectivity index (χ2v) is 9.64. The highest BCUT2D eigenvalue weighted by Crippen LogP contribution is 2.39. The minimum atomic E-state index is -1.27. The van der Waals surface area contributed by atoms with Crippen LogP contribution in [-0.2, 0) is 0 Å². The number of hydrogen-bond donors (Lipinski definition) is 3. The number of carbonyl (C=O) groups excluding carboxylic acids is 1. The molecule has 2 aromatic rings. The van der Waals surface area contributed by atoms with Crippen molar-refractivity contribution in [2.45, 2.75) is 26.4 Å². The lowest BCUT2D eigenvalue weighted by Crippen LogP contribution is -2.71. The maximum absolute atomic E-state index is 14.6. The van der Waals surface area contributed by atoms with Crippen LogP contribution in [0.5, 0.6) is 0 Å². The lowest BCUT2D eigenvalue weighted by Gasteiger charge is -2.54. The highest BCUT2D eigenvalue weighted by molar-refractivity contribution is 14.1. The topological polar surface area (TPSA) is 64.6 Å². The zero-order valence-corrected chi connectivity index (χ0v) is 19.7. The Labute approximate surface area is 193 Å². The molecular formula is C22H25F3IN3O2. The molecule has 0 unspecified atom stereocenters. The largest absolute Gasteiger partial charge is 0.386 e. The van der Waals surface area contributed by atoms with Crippen LogP contribution in [0.15, 0.2) is 30.3 Å². The number of nitrogens with zero attached hydrogens (tertiary/aromatic N) is 1. The highest BCUT2D eigenvalue weighted by Gasteiger charge is 2.53. The van der Waals surface area contributed by atoms with Gasteiger partial charge in [-0.15, -0.1) is 0 Å². The molecule has 1 saturated heterocycles. The molecule has 3 N–H and O–H groups in total. The van der Waals surface area contributed by atoms with Crippen LogP contribution in [0.25, 0.3) is 0 Å². The molecule has 31 heavy (non-hydrogen) atoms. The van der Waals surface area contributed by atoms with E-state index < -0.39 is 40.1 Å². The summed E-state index contributed by atoms with van der Waals surface area (Å²) >= 11 is 1.93. The number of β-amino-alcohol motifs (C(OH)–C–C–N with tert-alkyl or cyclic N) is 1. The van der Waals surface area contributed by atoms with Crippen LogP contribution in [0, 0.1) is 26.4 Å². The van der Waals surface area contributed by atoms with Crippen molar-refractivity contribution < 1.29 is 23.1 Å². The van der Waals surface area contributed by atoms with Gasteiger partial charge in [-0.3, -0.25) is 4.79 Å². The molecule has 5 nitrogen and oxygen atoms in total. The summed E-state index contributed by atoms with van der Waals surface area (Å²) in [6.07, 6.45) is 0. The normalized spacial score (nSPS) is 15.5. The molecule has 1 aliphatic heterocycles. The van der Waals surface area contributed by atoms with Crippen LogP contribution in [0.1, 0.15) is 31.1 Å². The van der Waals surface area contributed by atoms with Crippen LogP contribution >= 0.6 is 22.6 Å². The Bertz CT molecular complexity index is 994. The van der Waals surface area contributed by atoms with Gasteiger partial charge in [0.05, 0.1) is 30.0 Å². The molecule has 0 spiro atoms. The van der Waals surface area contributed by atoms with Crippen LogP contribution in [0.4, 0.5) is 24.5 Å². The number of rotatable bonds is 7. The van der Waals surface area contributed by atoms with E-state index in [4.69, 9.17) is 0 Å². The number of halogens is 4. The zero-order valence-electron chi connectivity index (χ0n) is 17.5. The van der Waals surface area contributed by atoms with Crippen LogP contribution in [0.2, 0.25) is 0 Å². The highest BCUT2D eigenvalue weighted by atomic mass is 127. The van der Waals surface area contributed by atoms with Crippen LogP contribution in [-0.4, -0.2) is 47.7 Å². The van der Waals surface area contributed by atoms with Gasteiger partial charge in [0.2, 0.25) is 0 Å².